The summed E-state index contributed by atoms with van der Waals surface area (Å²) in [6, 6.07) is 6.03. The van der Waals surface area contributed by atoms with Crippen molar-refractivity contribution in [2.45, 2.75) is 12.8 Å². The highest BCUT2D eigenvalue weighted by Crippen LogP contribution is 2.23. The second-order valence-electron chi connectivity index (χ2n) is 4.63. The van der Waals surface area contributed by atoms with Crippen LogP contribution in [0.2, 0.25) is 0 Å². The first-order valence-corrected chi connectivity index (χ1v) is 6.81. The lowest BCUT2D eigenvalue weighted by Gasteiger charge is -2.15. The summed E-state index contributed by atoms with van der Waals surface area (Å²) in [5.41, 5.74) is 1.24. The van der Waals surface area contributed by atoms with E-state index in [-0.39, 0.29) is 0 Å². The number of hydrogen-bond acceptors (Lipinski definition) is 3. The smallest absolute Gasteiger partial charge is 0.122 e. The zero-order valence-electron chi connectivity index (χ0n) is 12.1. The van der Waals surface area contributed by atoms with Crippen LogP contribution in [0.3, 0.4) is 0 Å². The van der Waals surface area contributed by atoms with Gasteiger partial charge in [-0.2, -0.15) is 0 Å². The van der Waals surface area contributed by atoms with Gasteiger partial charge in [0.05, 0.1) is 14.2 Å². The average molecular weight is 271 g/mol. The van der Waals surface area contributed by atoms with Crippen LogP contribution in [0.15, 0.2) is 54.9 Å². The number of methoxy groups -OCH3 is 2. The van der Waals surface area contributed by atoms with E-state index >= 15 is 0 Å². The van der Waals surface area contributed by atoms with E-state index in [4.69, 9.17) is 9.47 Å². The average Bonchev–Trinajstić information content (AvgIpc) is 2.75. The Labute approximate surface area is 120 Å². The second kappa shape index (κ2) is 7.43. The lowest BCUT2D eigenvalue weighted by molar-refractivity contribution is 0.393. The highest BCUT2D eigenvalue weighted by atomic mass is 16.5. The molecule has 0 unspecified atom stereocenters. The molecule has 1 aromatic rings. The zero-order chi connectivity index (χ0) is 14.2. The Balaban J connectivity index is 1.90. The topological polar surface area (TPSA) is 21.7 Å². The summed E-state index contributed by atoms with van der Waals surface area (Å²) in [5.74, 6) is 1.69. The van der Waals surface area contributed by atoms with Crippen LogP contribution in [0.5, 0.6) is 11.5 Å². The largest absolute Gasteiger partial charge is 0.497 e. The maximum Gasteiger partial charge on any atom is 0.122 e. The number of aryl methyl sites for hydroxylation is 1. The van der Waals surface area contributed by atoms with Crippen molar-refractivity contribution in [3.63, 3.8) is 0 Å². The lowest BCUT2D eigenvalue weighted by Crippen LogP contribution is -2.11. The second-order valence-corrected chi connectivity index (χ2v) is 4.63. The van der Waals surface area contributed by atoms with E-state index in [9.17, 15) is 0 Å². The van der Waals surface area contributed by atoms with E-state index in [0.717, 1.165) is 30.9 Å². The van der Waals surface area contributed by atoms with Crippen LogP contribution < -0.4 is 9.47 Å². The molecule has 3 heteroatoms. The number of hydrogen-bond donors (Lipinski definition) is 0. The fourth-order valence-electron chi connectivity index (χ4n) is 2.12. The van der Waals surface area contributed by atoms with Gasteiger partial charge in [0.15, 0.2) is 0 Å². The van der Waals surface area contributed by atoms with Gasteiger partial charge in [-0.15, -0.1) is 0 Å². The normalized spacial score (nSPS) is 13.4. The van der Waals surface area contributed by atoms with Crippen molar-refractivity contribution in [3.05, 3.63) is 60.5 Å². The molecule has 0 bridgehead atoms. The van der Waals surface area contributed by atoms with Gasteiger partial charge in [-0.3, -0.25) is 0 Å². The van der Waals surface area contributed by atoms with Gasteiger partial charge in [-0.1, -0.05) is 12.2 Å². The maximum atomic E-state index is 5.29. The molecule has 1 aliphatic rings. The molecule has 0 N–H and O–H groups in total. The van der Waals surface area contributed by atoms with Crippen LogP contribution in [0.1, 0.15) is 12.0 Å². The minimum Gasteiger partial charge on any atom is -0.497 e. The predicted octanol–water partition coefficient (Wildman–Crippen LogP) is 3.54. The molecular formula is C17H21NO2. The van der Waals surface area contributed by atoms with Crippen LogP contribution >= 0.6 is 0 Å². The first-order chi connectivity index (χ1) is 9.81. The van der Waals surface area contributed by atoms with Gasteiger partial charge in [-0.25, -0.2) is 0 Å². The van der Waals surface area contributed by atoms with Crippen molar-refractivity contribution in [1.82, 2.24) is 4.90 Å². The van der Waals surface area contributed by atoms with Crippen molar-refractivity contribution in [2.75, 3.05) is 20.8 Å². The van der Waals surface area contributed by atoms with Gasteiger partial charge in [0.1, 0.15) is 11.5 Å². The Bertz CT molecular complexity index is 479. The molecule has 0 aliphatic carbocycles. The first kappa shape index (κ1) is 14.3. The standard InChI is InChI=1S/C17H21NO2/c1-19-16-12-15(13-17(14-16)20-2)8-7-11-18-9-5-3-4-6-10-18/h3-6,9-10,12-14H,7-8,11H2,1-2H3. The Hall–Kier alpha value is -2.16. The number of ether oxygens (including phenoxy) is 2. The number of allylic oxidation sites excluding steroid dienone is 4. The molecule has 20 heavy (non-hydrogen) atoms. The molecule has 0 aromatic heterocycles. The first-order valence-electron chi connectivity index (χ1n) is 6.81. The molecule has 3 nitrogen and oxygen atoms in total. The number of benzene rings is 1. The van der Waals surface area contributed by atoms with Gasteiger partial charge in [0.25, 0.3) is 0 Å². The van der Waals surface area contributed by atoms with Crippen molar-refractivity contribution in [3.8, 4) is 11.5 Å². The fraction of sp³-hybridized carbons (Fsp3) is 0.294. The van der Waals surface area contributed by atoms with E-state index in [1.807, 2.05) is 18.2 Å². The number of nitrogens with zero attached hydrogens (tertiary/aromatic N) is 1. The molecule has 1 heterocycles. The van der Waals surface area contributed by atoms with E-state index in [0.29, 0.717) is 0 Å². The SMILES string of the molecule is COc1cc(CCCN2C=CC=CC=C2)cc(OC)c1. The van der Waals surface area contributed by atoms with Crippen LogP contribution in [0.25, 0.3) is 0 Å². The van der Waals surface area contributed by atoms with Crippen molar-refractivity contribution < 1.29 is 9.47 Å². The molecule has 0 fully saturated rings. The molecule has 1 aliphatic heterocycles. The Kier molecular flexibility index (Phi) is 5.30. The molecule has 0 saturated carbocycles. The van der Waals surface area contributed by atoms with Crippen LogP contribution in [-0.2, 0) is 6.42 Å². The number of rotatable bonds is 6. The molecule has 106 valence electrons. The third-order valence-corrected chi connectivity index (χ3v) is 3.18. The molecule has 1 aromatic carbocycles. The minimum absolute atomic E-state index is 0.845. The molecule has 0 amide bonds. The van der Waals surface area contributed by atoms with Crippen molar-refractivity contribution in [2.24, 2.45) is 0 Å². The predicted molar refractivity (Wildman–Crippen MR) is 82.0 cm³/mol. The summed E-state index contributed by atoms with van der Waals surface area (Å²) in [7, 11) is 3.36. The lowest BCUT2D eigenvalue weighted by atomic mass is 10.1. The molecule has 0 saturated heterocycles. The summed E-state index contributed by atoms with van der Waals surface area (Å²) in [6.45, 7) is 0.994. The third-order valence-electron chi connectivity index (χ3n) is 3.18. The van der Waals surface area contributed by atoms with Gasteiger partial charge >= 0.3 is 0 Å². The summed E-state index contributed by atoms with van der Waals surface area (Å²) in [5, 5.41) is 0. The van der Waals surface area contributed by atoms with Crippen molar-refractivity contribution in [1.29, 1.82) is 0 Å². The van der Waals surface area contributed by atoms with Gasteiger partial charge in [0, 0.05) is 25.0 Å². The van der Waals surface area contributed by atoms with E-state index in [2.05, 4.69) is 41.6 Å². The monoisotopic (exact) mass is 271 g/mol. The van der Waals surface area contributed by atoms with E-state index in [1.54, 1.807) is 14.2 Å². The summed E-state index contributed by atoms with van der Waals surface area (Å²) in [6.07, 6.45) is 14.4. The maximum absolute atomic E-state index is 5.29. The zero-order valence-corrected chi connectivity index (χ0v) is 12.1. The van der Waals surface area contributed by atoms with Crippen molar-refractivity contribution >= 4 is 0 Å². The summed E-state index contributed by atoms with van der Waals surface area (Å²) < 4.78 is 10.6. The fourth-order valence-corrected chi connectivity index (χ4v) is 2.12. The van der Waals surface area contributed by atoms with Crippen LogP contribution in [-0.4, -0.2) is 25.7 Å². The molecule has 0 spiro atoms. The Morgan fingerprint density at radius 3 is 2.00 bits per heavy atom. The van der Waals surface area contributed by atoms with E-state index < -0.39 is 0 Å². The Morgan fingerprint density at radius 1 is 0.850 bits per heavy atom. The van der Waals surface area contributed by atoms with Crippen LogP contribution in [0, 0.1) is 0 Å². The third kappa shape index (κ3) is 4.19. The highest BCUT2D eigenvalue weighted by molar-refractivity contribution is 5.38. The molecular weight excluding hydrogens is 250 g/mol. The molecule has 0 atom stereocenters. The Morgan fingerprint density at radius 2 is 1.45 bits per heavy atom. The quantitative estimate of drug-likeness (QED) is 0.790. The molecule has 0 radical (unpaired) electrons. The van der Waals surface area contributed by atoms with E-state index in [1.165, 1.54) is 5.56 Å². The van der Waals surface area contributed by atoms with Gasteiger partial charge in [-0.05, 0) is 42.7 Å². The highest BCUT2D eigenvalue weighted by Gasteiger charge is 2.03. The molecule has 2 rings (SSSR count). The minimum atomic E-state index is 0.845. The summed E-state index contributed by atoms with van der Waals surface area (Å²) in [4.78, 5) is 2.19. The van der Waals surface area contributed by atoms with Gasteiger partial charge < -0.3 is 14.4 Å². The summed E-state index contributed by atoms with van der Waals surface area (Å²) >= 11 is 0. The van der Waals surface area contributed by atoms with Crippen LogP contribution in [0.4, 0.5) is 0 Å². The van der Waals surface area contributed by atoms with Gasteiger partial charge in [0.2, 0.25) is 0 Å².